The third-order valence-electron chi connectivity index (χ3n) is 3.15. The van der Waals surface area contributed by atoms with E-state index < -0.39 is 0 Å². The minimum Gasteiger partial charge on any atom is -0.278 e. The second-order valence-electron chi connectivity index (χ2n) is 4.90. The fraction of sp³-hybridized carbons (Fsp3) is 0.0588. The molecule has 0 unspecified atom stereocenters. The normalized spacial score (nSPS) is 11.2. The topological polar surface area (TPSA) is 37.3 Å². The molecule has 0 amide bonds. The molecule has 0 fully saturated rings. The summed E-state index contributed by atoms with van der Waals surface area (Å²) >= 11 is 5.93. The smallest absolute Gasteiger partial charge is 0.124 e. The van der Waals surface area contributed by atoms with Gasteiger partial charge in [-0.05, 0) is 48.9 Å². The molecule has 1 N–H and O–H groups in total. The van der Waals surface area contributed by atoms with Crippen LogP contribution in [0.25, 0.3) is 10.9 Å². The molecule has 5 heteroatoms. The van der Waals surface area contributed by atoms with Gasteiger partial charge in [0.15, 0.2) is 0 Å². The third-order valence-corrected chi connectivity index (χ3v) is 3.38. The van der Waals surface area contributed by atoms with Crippen molar-refractivity contribution in [2.24, 2.45) is 5.10 Å². The van der Waals surface area contributed by atoms with E-state index in [4.69, 9.17) is 11.6 Å². The number of hydrogen-bond donors (Lipinski definition) is 1. The zero-order chi connectivity index (χ0) is 15.5. The Bertz CT molecular complexity index is 862. The summed E-state index contributed by atoms with van der Waals surface area (Å²) in [4.78, 5) is 4.38. The first-order valence-corrected chi connectivity index (χ1v) is 7.11. The number of fused-ring (bicyclic) bond motifs is 1. The first-order valence-electron chi connectivity index (χ1n) is 6.73. The quantitative estimate of drug-likeness (QED) is 0.558. The van der Waals surface area contributed by atoms with Crippen LogP contribution in [-0.2, 0) is 0 Å². The van der Waals surface area contributed by atoms with E-state index in [1.807, 2.05) is 31.2 Å². The summed E-state index contributed by atoms with van der Waals surface area (Å²) in [7, 11) is 0. The number of anilines is 1. The lowest BCUT2D eigenvalue weighted by Gasteiger charge is -2.07. The molecular weight excluding hydrogens is 301 g/mol. The van der Waals surface area contributed by atoms with Crippen LogP contribution in [0.5, 0.6) is 0 Å². The number of hydrogen-bond acceptors (Lipinski definition) is 3. The highest BCUT2D eigenvalue weighted by Gasteiger charge is 2.04. The van der Waals surface area contributed by atoms with Gasteiger partial charge in [0.05, 0.1) is 17.4 Å². The van der Waals surface area contributed by atoms with Crippen molar-refractivity contribution in [3.63, 3.8) is 0 Å². The molecule has 0 saturated heterocycles. The van der Waals surface area contributed by atoms with Gasteiger partial charge in [-0.25, -0.2) is 4.39 Å². The number of nitrogens with one attached hydrogen (secondary N) is 1. The summed E-state index contributed by atoms with van der Waals surface area (Å²) < 4.78 is 13.4. The first kappa shape index (κ1) is 14.5. The lowest BCUT2D eigenvalue weighted by molar-refractivity contribution is 0.629. The Kier molecular flexibility index (Phi) is 4.02. The molecular formula is C17H13ClFN3. The second kappa shape index (κ2) is 6.12. The van der Waals surface area contributed by atoms with Gasteiger partial charge in [-0.2, -0.15) is 5.10 Å². The van der Waals surface area contributed by atoms with E-state index in [2.05, 4.69) is 15.5 Å². The van der Waals surface area contributed by atoms with Crippen LogP contribution in [-0.4, -0.2) is 11.2 Å². The van der Waals surface area contributed by atoms with Crippen molar-refractivity contribution in [3.05, 3.63) is 70.6 Å². The number of aryl methyl sites for hydroxylation is 1. The Morgan fingerprint density at radius 1 is 1.18 bits per heavy atom. The standard InChI is InChI=1S/C17H13ClFN3/c1-11-7-17(15-9-14(19)5-6-16(15)21-11)22-20-10-12-3-2-4-13(18)8-12/h2-10H,1H3,(H,21,22)/b20-10+. The lowest BCUT2D eigenvalue weighted by Crippen LogP contribution is -1.95. The Labute approximate surface area is 132 Å². The number of rotatable bonds is 3. The minimum atomic E-state index is -0.306. The molecule has 0 atom stereocenters. The second-order valence-corrected chi connectivity index (χ2v) is 5.33. The van der Waals surface area contributed by atoms with E-state index in [-0.39, 0.29) is 5.82 Å². The van der Waals surface area contributed by atoms with E-state index in [1.165, 1.54) is 12.1 Å². The van der Waals surface area contributed by atoms with Crippen LogP contribution in [0, 0.1) is 12.7 Å². The van der Waals surface area contributed by atoms with Gasteiger partial charge in [0.2, 0.25) is 0 Å². The zero-order valence-corrected chi connectivity index (χ0v) is 12.6. The molecule has 3 nitrogen and oxygen atoms in total. The van der Waals surface area contributed by atoms with Gasteiger partial charge in [-0.1, -0.05) is 23.7 Å². The molecule has 110 valence electrons. The van der Waals surface area contributed by atoms with Crippen molar-refractivity contribution in [1.82, 2.24) is 4.98 Å². The molecule has 0 radical (unpaired) electrons. The Hall–Kier alpha value is -2.46. The average Bonchev–Trinajstić information content (AvgIpc) is 2.48. The predicted molar refractivity (Wildman–Crippen MR) is 89.1 cm³/mol. The van der Waals surface area contributed by atoms with E-state index >= 15 is 0 Å². The van der Waals surface area contributed by atoms with Crippen molar-refractivity contribution >= 4 is 34.4 Å². The van der Waals surface area contributed by atoms with Crippen LogP contribution >= 0.6 is 11.6 Å². The van der Waals surface area contributed by atoms with Crippen LogP contribution in [0.3, 0.4) is 0 Å². The van der Waals surface area contributed by atoms with E-state index in [0.29, 0.717) is 16.1 Å². The molecule has 0 aliphatic carbocycles. The number of pyridine rings is 1. The number of aromatic nitrogens is 1. The molecule has 0 bridgehead atoms. The Morgan fingerprint density at radius 2 is 2.05 bits per heavy atom. The largest absolute Gasteiger partial charge is 0.278 e. The zero-order valence-electron chi connectivity index (χ0n) is 11.8. The fourth-order valence-corrected chi connectivity index (χ4v) is 2.38. The van der Waals surface area contributed by atoms with Crippen LogP contribution in [0.1, 0.15) is 11.3 Å². The molecule has 3 rings (SSSR count). The van der Waals surface area contributed by atoms with Gasteiger partial charge in [0, 0.05) is 16.1 Å². The molecule has 0 saturated carbocycles. The molecule has 1 aromatic heterocycles. The van der Waals surface area contributed by atoms with Gasteiger partial charge in [-0.3, -0.25) is 10.4 Å². The van der Waals surface area contributed by atoms with Crippen molar-refractivity contribution in [1.29, 1.82) is 0 Å². The number of hydrazone groups is 1. The molecule has 22 heavy (non-hydrogen) atoms. The number of benzene rings is 2. The SMILES string of the molecule is Cc1cc(N/N=C/c2cccc(Cl)c2)c2cc(F)ccc2n1. The summed E-state index contributed by atoms with van der Waals surface area (Å²) in [6, 6.07) is 13.7. The summed E-state index contributed by atoms with van der Waals surface area (Å²) in [5.41, 5.74) is 6.08. The molecule has 0 aliphatic heterocycles. The van der Waals surface area contributed by atoms with Crippen molar-refractivity contribution in [2.75, 3.05) is 5.43 Å². The summed E-state index contributed by atoms with van der Waals surface area (Å²) in [5.74, 6) is -0.306. The van der Waals surface area contributed by atoms with E-state index in [9.17, 15) is 4.39 Å². The summed E-state index contributed by atoms with van der Waals surface area (Å²) in [6.45, 7) is 1.88. The lowest BCUT2D eigenvalue weighted by atomic mass is 10.1. The maximum Gasteiger partial charge on any atom is 0.124 e. The monoisotopic (exact) mass is 313 g/mol. The highest BCUT2D eigenvalue weighted by molar-refractivity contribution is 6.30. The summed E-state index contributed by atoms with van der Waals surface area (Å²) in [5, 5.41) is 5.53. The molecule has 3 aromatic rings. The molecule has 2 aromatic carbocycles. The fourth-order valence-electron chi connectivity index (χ4n) is 2.19. The predicted octanol–water partition coefficient (Wildman–Crippen LogP) is 4.78. The van der Waals surface area contributed by atoms with Gasteiger partial charge < -0.3 is 0 Å². The van der Waals surface area contributed by atoms with Crippen LogP contribution < -0.4 is 5.43 Å². The van der Waals surface area contributed by atoms with E-state index in [0.717, 1.165) is 16.8 Å². The Balaban J connectivity index is 1.91. The van der Waals surface area contributed by atoms with Gasteiger partial charge in [0.1, 0.15) is 5.82 Å². The average molecular weight is 314 g/mol. The molecule has 1 heterocycles. The minimum absolute atomic E-state index is 0.306. The Morgan fingerprint density at radius 3 is 2.86 bits per heavy atom. The maximum absolute atomic E-state index is 13.4. The third kappa shape index (κ3) is 3.23. The van der Waals surface area contributed by atoms with Gasteiger partial charge >= 0.3 is 0 Å². The van der Waals surface area contributed by atoms with Gasteiger partial charge in [0.25, 0.3) is 0 Å². The highest BCUT2D eigenvalue weighted by atomic mass is 35.5. The van der Waals surface area contributed by atoms with E-state index in [1.54, 1.807) is 18.3 Å². The number of nitrogens with zero attached hydrogens (tertiary/aromatic N) is 2. The highest BCUT2D eigenvalue weighted by Crippen LogP contribution is 2.24. The first-order chi connectivity index (χ1) is 10.6. The number of halogens is 2. The van der Waals surface area contributed by atoms with Crippen molar-refractivity contribution in [3.8, 4) is 0 Å². The molecule has 0 spiro atoms. The maximum atomic E-state index is 13.4. The van der Waals surface area contributed by atoms with Gasteiger partial charge in [-0.15, -0.1) is 0 Å². The van der Waals surface area contributed by atoms with Crippen LogP contribution in [0.2, 0.25) is 5.02 Å². The van der Waals surface area contributed by atoms with Crippen LogP contribution in [0.4, 0.5) is 10.1 Å². The van der Waals surface area contributed by atoms with Crippen molar-refractivity contribution in [2.45, 2.75) is 6.92 Å². The van der Waals surface area contributed by atoms with Crippen LogP contribution in [0.15, 0.2) is 53.6 Å². The van der Waals surface area contributed by atoms with Crippen molar-refractivity contribution < 1.29 is 4.39 Å². The summed E-state index contributed by atoms with van der Waals surface area (Å²) in [6.07, 6.45) is 1.66. The molecule has 0 aliphatic rings.